The first-order valence-corrected chi connectivity index (χ1v) is 8.35. The van der Waals surface area contributed by atoms with Gasteiger partial charge in [0.2, 0.25) is 0 Å². The number of alkyl halides is 3. The molecule has 8 nitrogen and oxygen atoms in total. The molecule has 1 heterocycles. The molecule has 0 N–H and O–H groups in total. The number of nitro groups is 1. The first kappa shape index (κ1) is 21.8. The van der Waals surface area contributed by atoms with E-state index >= 15 is 0 Å². The highest BCUT2D eigenvalue weighted by Gasteiger charge is 2.34. The lowest BCUT2D eigenvalue weighted by Crippen LogP contribution is -2.27. The van der Waals surface area contributed by atoms with Crippen LogP contribution in [0.1, 0.15) is 19.4 Å². The van der Waals surface area contributed by atoms with Crippen molar-refractivity contribution in [3.63, 3.8) is 0 Å². The largest absolute Gasteiger partial charge is 0.463 e. The van der Waals surface area contributed by atoms with E-state index in [1.165, 1.54) is 6.92 Å². The Hall–Kier alpha value is -2.53. The van der Waals surface area contributed by atoms with Crippen molar-refractivity contribution in [2.75, 3.05) is 6.61 Å². The first-order chi connectivity index (χ1) is 13.0. The van der Waals surface area contributed by atoms with Crippen molar-refractivity contribution in [3.05, 3.63) is 44.1 Å². The molecule has 1 unspecified atom stereocenters. The average Bonchev–Trinajstić information content (AvgIpc) is 2.97. The number of carbonyl (C=O) groups is 1. The van der Waals surface area contributed by atoms with E-state index in [0.717, 1.165) is 10.9 Å². The molecule has 0 saturated carbocycles. The zero-order valence-corrected chi connectivity index (χ0v) is 15.8. The van der Waals surface area contributed by atoms with E-state index in [4.69, 9.17) is 32.7 Å². The fourth-order valence-corrected chi connectivity index (χ4v) is 2.78. The molecule has 13 heteroatoms. The lowest BCUT2D eigenvalue weighted by Gasteiger charge is -2.16. The Labute approximate surface area is 165 Å². The summed E-state index contributed by atoms with van der Waals surface area (Å²) < 4.78 is 49.5. The van der Waals surface area contributed by atoms with Crippen molar-refractivity contribution >= 4 is 34.9 Å². The maximum atomic E-state index is 12.9. The highest BCUT2D eigenvalue weighted by Crippen LogP contribution is 2.40. The van der Waals surface area contributed by atoms with E-state index in [2.05, 4.69) is 5.10 Å². The van der Waals surface area contributed by atoms with E-state index in [1.54, 1.807) is 6.92 Å². The molecule has 0 saturated heterocycles. The Balaban J connectivity index is 2.58. The maximum Gasteiger partial charge on any atom is 0.416 e. The van der Waals surface area contributed by atoms with Crippen LogP contribution in [0, 0.1) is 10.1 Å². The van der Waals surface area contributed by atoms with Crippen LogP contribution in [-0.2, 0) is 15.7 Å². The van der Waals surface area contributed by atoms with Gasteiger partial charge in [0, 0.05) is 0 Å². The number of aromatic nitrogens is 2. The minimum Gasteiger partial charge on any atom is -0.463 e. The third-order valence-corrected chi connectivity index (χ3v) is 3.94. The molecular formula is C15H12Cl2F3N3O5. The molecule has 0 amide bonds. The summed E-state index contributed by atoms with van der Waals surface area (Å²) >= 11 is 11.8. The number of hydrogen-bond donors (Lipinski definition) is 0. The smallest absolute Gasteiger partial charge is 0.416 e. The lowest BCUT2D eigenvalue weighted by molar-refractivity contribution is -0.386. The number of halogens is 5. The fourth-order valence-electron chi connectivity index (χ4n) is 2.13. The van der Waals surface area contributed by atoms with Gasteiger partial charge < -0.3 is 9.47 Å². The Kier molecular flexibility index (Phi) is 6.40. The Morgan fingerprint density at radius 1 is 1.36 bits per heavy atom. The van der Waals surface area contributed by atoms with Gasteiger partial charge in [0.1, 0.15) is 11.9 Å². The van der Waals surface area contributed by atoms with Gasteiger partial charge in [-0.15, -0.1) is 0 Å². The summed E-state index contributed by atoms with van der Waals surface area (Å²) in [7, 11) is 0. The highest BCUT2D eigenvalue weighted by atomic mass is 35.5. The molecule has 1 aromatic carbocycles. The Bertz CT molecular complexity index is 894. The van der Waals surface area contributed by atoms with Crippen LogP contribution < -0.4 is 4.74 Å². The predicted octanol–water partition coefficient (Wildman–Crippen LogP) is 4.44. The van der Waals surface area contributed by atoms with Crippen LogP contribution >= 0.6 is 23.2 Å². The number of carbonyl (C=O) groups excluding carboxylic acids is 1. The summed E-state index contributed by atoms with van der Waals surface area (Å²) in [6.45, 7) is 2.87. The second-order valence-electron chi connectivity index (χ2n) is 5.30. The van der Waals surface area contributed by atoms with Crippen LogP contribution in [0.3, 0.4) is 0 Å². The number of ether oxygens (including phenoxy) is 2. The van der Waals surface area contributed by atoms with Gasteiger partial charge in [-0.05, 0) is 26.0 Å². The van der Waals surface area contributed by atoms with Crippen molar-refractivity contribution < 1.29 is 32.4 Å². The predicted molar refractivity (Wildman–Crippen MR) is 92.0 cm³/mol. The van der Waals surface area contributed by atoms with E-state index in [0.29, 0.717) is 12.1 Å². The third kappa shape index (κ3) is 4.47. The van der Waals surface area contributed by atoms with Gasteiger partial charge in [0.05, 0.1) is 27.1 Å². The second-order valence-corrected chi connectivity index (χ2v) is 6.12. The van der Waals surface area contributed by atoms with Gasteiger partial charge in [-0.1, -0.05) is 23.2 Å². The zero-order valence-electron chi connectivity index (χ0n) is 14.3. The summed E-state index contributed by atoms with van der Waals surface area (Å²) in [5, 5.41) is 14.0. The summed E-state index contributed by atoms with van der Waals surface area (Å²) in [5.74, 6) is -1.36. The minimum absolute atomic E-state index is 0.0461. The lowest BCUT2D eigenvalue weighted by atomic mass is 10.2. The molecule has 152 valence electrons. The zero-order chi connectivity index (χ0) is 21.2. The van der Waals surface area contributed by atoms with Crippen LogP contribution in [0.15, 0.2) is 18.3 Å². The Morgan fingerprint density at radius 3 is 2.39 bits per heavy atom. The van der Waals surface area contributed by atoms with Gasteiger partial charge in [-0.3, -0.25) is 10.1 Å². The molecule has 28 heavy (non-hydrogen) atoms. The van der Waals surface area contributed by atoms with Crippen LogP contribution in [0.4, 0.5) is 18.9 Å². The molecule has 2 aromatic rings. The van der Waals surface area contributed by atoms with Gasteiger partial charge in [-0.2, -0.15) is 23.0 Å². The monoisotopic (exact) mass is 441 g/mol. The number of rotatable bonds is 6. The van der Waals surface area contributed by atoms with E-state index in [1.807, 2.05) is 0 Å². The maximum absolute atomic E-state index is 12.9. The molecule has 0 fully saturated rings. The topological polar surface area (TPSA) is 96.5 Å². The number of nitrogens with zero attached hydrogens (tertiary/aromatic N) is 3. The van der Waals surface area contributed by atoms with Gasteiger partial charge in [0.15, 0.2) is 6.10 Å². The summed E-state index contributed by atoms with van der Waals surface area (Å²) in [6, 6.07) is 1.18. The molecule has 0 spiro atoms. The van der Waals surface area contributed by atoms with Crippen LogP contribution in [0.5, 0.6) is 5.88 Å². The Morgan fingerprint density at radius 2 is 1.93 bits per heavy atom. The molecule has 1 atom stereocenters. The summed E-state index contributed by atoms with van der Waals surface area (Å²) in [6.07, 6.45) is -5.20. The van der Waals surface area contributed by atoms with E-state index < -0.39 is 50.3 Å². The molecule has 0 aliphatic rings. The number of esters is 1. The van der Waals surface area contributed by atoms with Gasteiger partial charge in [-0.25, -0.2) is 4.79 Å². The summed E-state index contributed by atoms with van der Waals surface area (Å²) in [5.41, 5.74) is -2.05. The van der Waals surface area contributed by atoms with Gasteiger partial charge >= 0.3 is 17.8 Å². The number of benzene rings is 1. The van der Waals surface area contributed by atoms with Crippen molar-refractivity contribution in [1.82, 2.24) is 9.78 Å². The minimum atomic E-state index is -4.71. The fraction of sp³-hybridized carbons (Fsp3) is 0.333. The molecule has 0 bridgehead atoms. The quantitative estimate of drug-likeness (QED) is 0.373. The van der Waals surface area contributed by atoms with Crippen LogP contribution in [0.25, 0.3) is 5.69 Å². The molecular weight excluding hydrogens is 430 g/mol. The van der Waals surface area contributed by atoms with Crippen molar-refractivity contribution in [2.45, 2.75) is 26.1 Å². The molecule has 2 rings (SSSR count). The van der Waals surface area contributed by atoms with E-state index in [9.17, 15) is 28.1 Å². The average molecular weight is 442 g/mol. The molecule has 1 aromatic heterocycles. The normalized spacial score (nSPS) is 12.5. The van der Waals surface area contributed by atoms with Crippen molar-refractivity contribution in [3.8, 4) is 11.6 Å². The van der Waals surface area contributed by atoms with Crippen LogP contribution in [-0.4, -0.2) is 33.4 Å². The standard InChI is InChI=1S/C15H12Cl2F3N3O5/c1-3-27-14(24)7(2)28-13-11(23(25)26)6-21-22(13)12-9(16)4-8(5-10(12)17)15(18,19)20/h4-7H,3H2,1-2H3. The number of hydrogen-bond acceptors (Lipinski definition) is 6. The third-order valence-electron chi connectivity index (χ3n) is 3.37. The highest BCUT2D eigenvalue weighted by molar-refractivity contribution is 6.37. The van der Waals surface area contributed by atoms with Gasteiger partial charge in [0.25, 0.3) is 5.88 Å². The van der Waals surface area contributed by atoms with Crippen LogP contribution in [0.2, 0.25) is 10.0 Å². The second kappa shape index (κ2) is 8.23. The molecule has 0 radical (unpaired) electrons. The van der Waals surface area contributed by atoms with Crippen molar-refractivity contribution in [2.24, 2.45) is 0 Å². The van der Waals surface area contributed by atoms with E-state index in [-0.39, 0.29) is 12.3 Å². The SMILES string of the molecule is CCOC(=O)C(C)Oc1c([N+](=O)[O-])cnn1-c1c(Cl)cc(C(F)(F)F)cc1Cl. The van der Waals surface area contributed by atoms with Crippen molar-refractivity contribution in [1.29, 1.82) is 0 Å². The molecule has 0 aliphatic heterocycles. The molecule has 0 aliphatic carbocycles. The first-order valence-electron chi connectivity index (χ1n) is 7.59. The summed E-state index contributed by atoms with van der Waals surface area (Å²) in [4.78, 5) is 22.2.